The molecule has 0 bridgehead atoms. The number of hydrogen-bond acceptors (Lipinski definition) is 3. The summed E-state index contributed by atoms with van der Waals surface area (Å²) >= 11 is 0. The summed E-state index contributed by atoms with van der Waals surface area (Å²) in [5, 5.41) is 7.20. The van der Waals surface area contributed by atoms with Crippen LogP contribution in [0.25, 0.3) is 5.69 Å². The van der Waals surface area contributed by atoms with Crippen LogP contribution >= 0.6 is 0 Å². The largest absolute Gasteiger partial charge is 0.368 e. The average Bonchev–Trinajstić information content (AvgIpc) is 3.27. The smallest absolute Gasteiger partial charge is 0.249 e. The Morgan fingerprint density at radius 2 is 2.18 bits per heavy atom. The molecular formula is C17H21N3O2. The number of aromatic nitrogens is 2. The SMILES string of the molecule is CC(OCC1CC1)C(=O)NCc1cnn(-c2ccccc2)c1. The quantitative estimate of drug-likeness (QED) is 0.853. The molecule has 1 fully saturated rings. The van der Waals surface area contributed by atoms with Crippen LogP contribution in [-0.2, 0) is 16.1 Å². The lowest BCUT2D eigenvalue weighted by atomic mass is 10.3. The van der Waals surface area contributed by atoms with E-state index < -0.39 is 6.10 Å². The van der Waals surface area contributed by atoms with Crippen LogP contribution in [0.4, 0.5) is 0 Å². The molecule has 1 aromatic heterocycles. The van der Waals surface area contributed by atoms with Gasteiger partial charge in [0.15, 0.2) is 0 Å². The Morgan fingerprint density at radius 1 is 1.41 bits per heavy atom. The van der Waals surface area contributed by atoms with E-state index in [2.05, 4.69) is 10.4 Å². The third-order valence-electron chi connectivity index (χ3n) is 3.77. The molecule has 1 aliphatic rings. The highest BCUT2D eigenvalue weighted by molar-refractivity contribution is 5.80. The Hall–Kier alpha value is -2.14. The molecule has 1 heterocycles. The van der Waals surface area contributed by atoms with E-state index >= 15 is 0 Å². The zero-order valence-electron chi connectivity index (χ0n) is 12.7. The van der Waals surface area contributed by atoms with Crippen LogP contribution in [0, 0.1) is 5.92 Å². The normalized spacial score (nSPS) is 15.5. The number of nitrogens with zero attached hydrogens (tertiary/aromatic N) is 2. The Morgan fingerprint density at radius 3 is 2.91 bits per heavy atom. The van der Waals surface area contributed by atoms with Crippen LogP contribution in [-0.4, -0.2) is 28.4 Å². The number of hydrogen-bond donors (Lipinski definition) is 1. The molecular weight excluding hydrogens is 278 g/mol. The topological polar surface area (TPSA) is 56.1 Å². The molecule has 116 valence electrons. The standard InChI is InChI=1S/C17H21N3O2/c1-13(22-12-14-7-8-14)17(21)18-9-15-10-19-20(11-15)16-5-3-2-4-6-16/h2-6,10-11,13-14H,7-9,12H2,1H3,(H,18,21). The van der Waals surface area contributed by atoms with E-state index in [9.17, 15) is 4.79 Å². The van der Waals surface area contributed by atoms with Gasteiger partial charge in [-0.1, -0.05) is 18.2 Å². The summed E-state index contributed by atoms with van der Waals surface area (Å²) in [6, 6.07) is 9.89. The van der Waals surface area contributed by atoms with Gasteiger partial charge in [0.1, 0.15) is 6.10 Å². The third kappa shape index (κ3) is 3.95. The van der Waals surface area contributed by atoms with Crippen molar-refractivity contribution in [1.29, 1.82) is 0 Å². The van der Waals surface area contributed by atoms with E-state index in [1.165, 1.54) is 12.8 Å². The maximum absolute atomic E-state index is 12.0. The van der Waals surface area contributed by atoms with Crippen molar-refractivity contribution in [2.75, 3.05) is 6.61 Å². The van der Waals surface area contributed by atoms with Crippen LogP contribution in [0.3, 0.4) is 0 Å². The Bertz CT molecular complexity index is 620. The fourth-order valence-electron chi connectivity index (χ4n) is 2.15. The molecule has 1 saturated carbocycles. The lowest BCUT2D eigenvalue weighted by molar-refractivity contribution is -0.132. The van der Waals surface area contributed by atoms with Crippen molar-refractivity contribution in [2.24, 2.45) is 5.92 Å². The second-order valence-electron chi connectivity index (χ2n) is 5.77. The number of carbonyl (C=O) groups is 1. The van der Waals surface area contributed by atoms with Gasteiger partial charge in [-0.15, -0.1) is 0 Å². The predicted molar refractivity (Wildman–Crippen MR) is 83.5 cm³/mol. The number of para-hydroxylation sites is 1. The summed E-state index contributed by atoms with van der Waals surface area (Å²) < 4.78 is 7.36. The summed E-state index contributed by atoms with van der Waals surface area (Å²) in [6.45, 7) is 2.95. The zero-order valence-corrected chi connectivity index (χ0v) is 12.7. The zero-order chi connectivity index (χ0) is 15.4. The van der Waals surface area contributed by atoms with Gasteiger partial charge >= 0.3 is 0 Å². The summed E-state index contributed by atoms with van der Waals surface area (Å²) in [5.74, 6) is 0.590. The second-order valence-corrected chi connectivity index (χ2v) is 5.77. The van der Waals surface area contributed by atoms with Gasteiger partial charge in [0.25, 0.3) is 0 Å². The lowest BCUT2D eigenvalue weighted by Crippen LogP contribution is -2.34. The van der Waals surface area contributed by atoms with Crippen molar-refractivity contribution in [3.05, 3.63) is 48.3 Å². The maximum atomic E-state index is 12.0. The van der Waals surface area contributed by atoms with Crippen LogP contribution < -0.4 is 5.32 Å². The molecule has 1 atom stereocenters. The van der Waals surface area contributed by atoms with Crippen molar-refractivity contribution >= 4 is 5.91 Å². The minimum absolute atomic E-state index is 0.0758. The van der Waals surface area contributed by atoms with E-state index in [4.69, 9.17) is 4.74 Å². The molecule has 1 amide bonds. The molecule has 5 nitrogen and oxygen atoms in total. The first kappa shape index (κ1) is 14.8. The number of benzene rings is 1. The molecule has 0 spiro atoms. The van der Waals surface area contributed by atoms with Crippen molar-refractivity contribution in [3.63, 3.8) is 0 Å². The van der Waals surface area contributed by atoms with Crippen LogP contribution in [0.15, 0.2) is 42.7 Å². The Labute approximate surface area is 130 Å². The number of carbonyl (C=O) groups excluding carboxylic acids is 1. The minimum Gasteiger partial charge on any atom is -0.368 e. The van der Waals surface area contributed by atoms with E-state index in [0.29, 0.717) is 19.1 Å². The molecule has 1 aliphatic carbocycles. The van der Waals surface area contributed by atoms with E-state index in [1.54, 1.807) is 17.8 Å². The molecule has 2 aromatic rings. The molecule has 5 heteroatoms. The van der Waals surface area contributed by atoms with Gasteiger partial charge in [-0.2, -0.15) is 5.10 Å². The van der Waals surface area contributed by atoms with Gasteiger partial charge in [0.05, 0.1) is 18.5 Å². The van der Waals surface area contributed by atoms with E-state index in [1.807, 2.05) is 36.5 Å². The van der Waals surface area contributed by atoms with Crippen LogP contribution in [0.5, 0.6) is 0 Å². The highest BCUT2D eigenvalue weighted by atomic mass is 16.5. The minimum atomic E-state index is -0.398. The molecule has 1 N–H and O–H groups in total. The first-order valence-corrected chi connectivity index (χ1v) is 7.70. The Balaban J connectivity index is 1.48. The lowest BCUT2D eigenvalue weighted by Gasteiger charge is -2.12. The predicted octanol–water partition coefficient (Wildman–Crippen LogP) is 2.30. The van der Waals surface area contributed by atoms with Crippen molar-refractivity contribution in [3.8, 4) is 5.69 Å². The summed E-state index contributed by atoms with van der Waals surface area (Å²) in [6.07, 6.45) is 5.75. The molecule has 1 aromatic carbocycles. The van der Waals surface area contributed by atoms with Crippen molar-refractivity contribution in [2.45, 2.75) is 32.4 Å². The van der Waals surface area contributed by atoms with Gasteiger partial charge in [-0.25, -0.2) is 4.68 Å². The second kappa shape index (κ2) is 6.75. The molecule has 3 rings (SSSR count). The monoisotopic (exact) mass is 299 g/mol. The Kier molecular flexibility index (Phi) is 4.53. The third-order valence-corrected chi connectivity index (χ3v) is 3.77. The van der Waals surface area contributed by atoms with E-state index in [-0.39, 0.29) is 5.91 Å². The molecule has 1 unspecified atom stereocenters. The first-order chi connectivity index (χ1) is 10.7. The molecule has 0 aliphatic heterocycles. The highest BCUT2D eigenvalue weighted by Gasteiger charge is 2.23. The molecule has 0 radical (unpaired) electrons. The summed E-state index contributed by atoms with van der Waals surface area (Å²) in [4.78, 5) is 12.0. The first-order valence-electron chi connectivity index (χ1n) is 7.70. The summed E-state index contributed by atoms with van der Waals surface area (Å²) in [5.41, 5.74) is 1.97. The van der Waals surface area contributed by atoms with Crippen molar-refractivity contribution in [1.82, 2.24) is 15.1 Å². The maximum Gasteiger partial charge on any atom is 0.249 e. The number of amides is 1. The molecule has 22 heavy (non-hydrogen) atoms. The number of nitrogens with one attached hydrogen (secondary N) is 1. The summed E-state index contributed by atoms with van der Waals surface area (Å²) in [7, 11) is 0. The van der Waals surface area contributed by atoms with Crippen LogP contribution in [0.2, 0.25) is 0 Å². The van der Waals surface area contributed by atoms with Gasteiger partial charge in [0, 0.05) is 18.3 Å². The van der Waals surface area contributed by atoms with Gasteiger partial charge in [0.2, 0.25) is 5.91 Å². The highest BCUT2D eigenvalue weighted by Crippen LogP contribution is 2.29. The van der Waals surface area contributed by atoms with Gasteiger partial charge in [-0.05, 0) is 37.8 Å². The van der Waals surface area contributed by atoms with Crippen molar-refractivity contribution < 1.29 is 9.53 Å². The fourth-order valence-corrected chi connectivity index (χ4v) is 2.15. The fraction of sp³-hybridized carbons (Fsp3) is 0.412. The number of rotatable bonds is 7. The number of ether oxygens (including phenoxy) is 1. The van der Waals surface area contributed by atoms with Crippen LogP contribution in [0.1, 0.15) is 25.3 Å². The van der Waals surface area contributed by atoms with Gasteiger partial charge in [-0.3, -0.25) is 4.79 Å². The average molecular weight is 299 g/mol. The van der Waals surface area contributed by atoms with E-state index in [0.717, 1.165) is 11.3 Å². The molecule has 0 saturated heterocycles. The van der Waals surface area contributed by atoms with Gasteiger partial charge < -0.3 is 10.1 Å².